The van der Waals surface area contributed by atoms with Crippen LogP contribution >= 0.6 is 0 Å². The molecule has 0 radical (unpaired) electrons. The molecule has 0 aromatic carbocycles. The van der Waals surface area contributed by atoms with Crippen LogP contribution in [0.2, 0.25) is 0 Å². The fourth-order valence-electron chi connectivity index (χ4n) is 1.07. The van der Waals surface area contributed by atoms with E-state index in [0.717, 1.165) is 19.1 Å². The third kappa shape index (κ3) is 5.30. The first-order chi connectivity index (χ1) is 5.57. The van der Waals surface area contributed by atoms with Crippen LogP contribution in [-0.4, -0.2) is 17.5 Å². The summed E-state index contributed by atoms with van der Waals surface area (Å²) >= 11 is 0. The zero-order chi connectivity index (χ0) is 9.56. The molecule has 0 heterocycles. The molecule has 0 aliphatic heterocycles. The molecule has 0 rings (SSSR count). The smallest absolute Gasteiger partial charge is 0.120 e. The maximum atomic E-state index is 10.1. The number of rotatable bonds is 6. The van der Waals surface area contributed by atoms with Crippen LogP contribution in [0.4, 0.5) is 0 Å². The van der Waals surface area contributed by atoms with Crippen molar-refractivity contribution in [1.29, 1.82) is 0 Å². The maximum Gasteiger partial charge on any atom is 0.120 e. The van der Waals surface area contributed by atoms with Crippen LogP contribution in [0, 0.1) is 11.8 Å². The summed E-state index contributed by atoms with van der Waals surface area (Å²) in [6.45, 7) is 6.06. The van der Waals surface area contributed by atoms with Crippen molar-refractivity contribution in [3.05, 3.63) is 0 Å². The molecular weight excluding hydrogens is 152 g/mol. The normalized spacial score (nSPS) is 16.1. The Labute approximate surface area is 75.0 Å². The van der Waals surface area contributed by atoms with E-state index in [4.69, 9.17) is 0 Å². The zero-order valence-electron chi connectivity index (χ0n) is 8.29. The van der Waals surface area contributed by atoms with Gasteiger partial charge in [-0.1, -0.05) is 20.8 Å². The Balaban J connectivity index is 3.46. The molecule has 0 aliphatic carbocycles. The summed E-state index contributed by atoms with van der Waals surface area (Å²) in [5.74, 6) is 0.740. The van der Waals surface area contributed by atoms with Gasteiger partial charge in [-0.3, -0.25) is 0 Å². The Bertz CT molecular complexity index is 121. The summed E-state index contributed by atoms with van der Waals surface area (Å²) in [6.07, 6.45) is 3.11. The molecular formula is C10H20O2. The molecule has 2 atom stereocenters. The van der Waals surface area contributed by atoms with Gasteiger partial charge in [0.25, 0.3) is 0 Å². The van der Waals surface area contributed by atoms with Crippen LogP contribution in [0.1, 0.15) is 40.0 Å². The standard InChI is InChI=1S/C10H20O2/c1-8(2)10(12)5-4-9(3)6-7-11/h7-10,12H,4-6H2,1-3H3. The number of aliphatic hydroxyl groups is 1. The fourth-order valence-corrected chi connectivity index (χ4v) is 1.07. The number of aldehydes is 1. The lowest BCUT2D eigenvalue weighted by Gasteiger charge is -2.15. The van der Waals surface area contributed by atoms with E-state index in [-0.39, 0.29) is 6.10 Å². The topological polar surface area (TPSA) is 37.3 Å². The molecule has 0 spiro atoms. The summed E-state index contributed by atoms with van der Waals surface area (Å²) in [7, 11) is 0. The second-order valence-corrected chi connectivity index (χ2v) is 3.90. The van der Waals surface area contributed by atoms with Gasteiger partial charge in [-0.05, 0) is 24.7 Å². The summed E-state index contributed by atoms with van der Waals surface area (Å²) in [5, 5.41) is 9.46. The minimum absolute atomic E-state index is 0.209. The molecule has 0 saturated carbocycles. The minimum atomic E-state index is -0.209. The van der Waals surface area contributed by atoms with Crippen molar-refractivity contribution in [2.45, 2.75) is 46.1 Å². The van der Waals surface area contributed by atoms with Gasteiger partial charge in [0.05, 0.1) is 6.10 Å². The van der Waals surface area contributed by atoms with Gasteiger partial charge in [0, 0.05) is 6.42 Å². The van der Waals surface area contributed by atoms with Gasteiger partial charge in [-0.25, -0.2) is 0 Å². The summed E-state index contributed by atoms with van der Waals surface area (Å²) in [4.78, 5) is 10.1. The van der Waals surface area contributed by atoms with E-state index in [0.29, 0.717) is 18.3 Å². The molecule has 2 heteroatoms. The van der Waals surface area contributed by atoms with Crippen molar-refractivity contribution in [3.8, 4) is 0 Å². The highest BCUT2D eigenvalue weighted by molar-refractivity contribution is 5.49. The summed E-state index contributed by atoms with van der Waals surface area (Å²) in [6, 6.07) is 0. The number of hydrogen-bond donors (Lipinski definition) is 1. The maximum absolute atomic E-state index is 10.1. The van der Waals surface area contributed by atoms with Crippen LogP contribution in [0.5, 0.6) is 0 Å². The molecule has 72 valence electrons. The van der Waals surface area contributed by atoms with Crippen LogP contribution < -0.4 is 0 Å². The van der Waals surface area contributed by atoms with E-state index in [1.165, 1.54) is 0 Å². The minimum Gasteiger partial charge on any atom is -0.393 e. The predicted molar refractivity (Wildman–Crippen MR) is 49.9 cm³/mol. The van der Waals surface area contributed by atoms with Gasteiger partial charge in [-0.2, -0.15) is 0 Å². The van der Waals surface area contributed by atoms with Crippen molar-refractivity contribution < 1.29 is 9.90 Å². The number of carbonyl (C=O) groups is 1. The molecule has 2 unspecified atom stereocenters. The molecule has 0 aromatic heterocycles. The highest BCUT2D eigenvalue weighted by atomic mass is 16.3. The first-order valence-electron chi connectivity index (χ1n) is 4.69. The first-order valence-corrected chi connectivity index (χ1v) is 4.69. The third-order valence-corrected chi connectivity index (χ3v) is 2.22. The molecule has 1 N–H and O–H groups in total. The van der Waals surface area contributed by atoms with E-state index in [1.54, 1.807) is 0 Å². The lowest BCUT2D eigenvalue weighted by atomic mass is 9.96. The molecule has 0 fully saturated rings. The van der Waals surface area contributed by atoms with Crippen LogP contribution in [-0.2, 0) is 4.79 Å². The number of carbonyl (C=O) groups excluding carboxylic acids is 1. The Morgan fingerprint density at radius 2 is 1.83 bits per heavy atom. The quantitative estimate of drug-likeness (QED) is 0.622. The van der Waals surface area contributed by atoms with Crippen molar-refractivity contribution in [1.82, 2.24) is 0 Å². The zero-order valence-corrected chi connectivity index (χ0v) is 8.29. The SMILES string of the molecule is CC(CC=O)CCC(O)C(C)C. The van der Waals surface area contributed by atoms with E-state index < -0.39 is 0 Å². The van der Waals surface area contributed by atoms with E-state index in [9.17, 15) is 9.90 Å². The first kappa shape index (κ1) is 11.6. The Morgan fingerprint density at radius 3 is 2.25 bits per heavy atom. The molecule has 0 amide bonds. The van der Waals surface area contributed by atoms with E-state index in [1.807, 2.05) is 20.8 Å². The largest absolute Gasteiger partial charge is 0.393 e. The molecule has 12 heavy (non-hydrogen) atoms. The summed E-state index contributed by atoms with van der Waals surface area (Å²) < 4.78 is 0. The van der Waals surface area contributed by atoms with E-state index in [2.05, 4.69) is 0 Å². The Hall–Kier alpha value is -0.370. The molecule has 0 bridgehead atoms. The van der Waals surface area contributed by atoms with Gasteiger partial charge >= 0.3 is 0 Å². The number of aliphatic hydroxyl groups excluding tert-OH is 1. The van der Waals surface area contributed by atoms with Gasteiger partial charge in [0.1, 0.15) is 6.29 Å². The van der Waals surface area contributed by atoms with Gasteiger partial charge < -0.3 is 9.90 Å². The van der Waals surface area contributed by atoms with Crippen LogP contribution in [0.15, 0.2) is 0 Å². The second-order valence-electron chi connectivity index (χ2n) is 3.90. The molecule has 0 saturated heterocycles. The fraction of sp³-hybridized carbons (Fsp3) is 0.900. The lowest BCUT2D eigenvalue weighted by molar-refractivity contribution is -0.108. The van der Waals surface area contributed by atoms with E-state index >= 15 is 0 Å². The van der Waals surface area contributed by atoms with Crippen molar-refractivity contribution in [3.63, 3.8) is 0 Å². The Kier molecular flexibility index (Phi) is 5.99. The summed E-state index contributed by atoms with van der Waals surface area (Å²) in [5.41, 5.74) is 0. The van der Waals surface area contributed by atoms with Gasteiger partial charge in [0.15, 0.2) is 0 Å². The van der Waals surface area contributed by atoms with Crippen molar-refractivity contribution >= 4 is 6.29 Å². The number of hydrogen-bond acceptors (Lipinski definition) is 2. The molecule has 2 nitrogen and oxygen atoms in total. The van der Waals surface area contributed by atoms with Crippen LogP contribution in [0.3, 0.4) is 0 Å². The average molecular weight is 172 g/mol. The van der Waals surface area contributed by atoms with Crippen molar-refractivity contribution in [2.24, 2.45) is 11.8 Å². The van der Waals surface area contributed by atoms with Gasteiger partial charge in [-0.15, -0.1) is 0 Å². The highest BCUT2D eigenvalue weighted by Crippen LogP contribution is 2.14. The lowest BCUT2D eigenvalue weighted by Crippen LogP contribution is -2.15. The third-order valence-electron chi connectivity index (χ3n) is 2.22. The Morgan fingerprint density at radius 1 is 1.25 bits per heavy atom. The molecule has 0 aliphatic rings. The predicted octanol–water partition coefficient (Wildman–Crippen LogP) is 2.01. The monoisotopic (exact) mass is 172 g/mol. The van der Waals surface area contributed by atoms with Crippen LogP contribution in [0.25, 0.3) is 0 Å². The molecule has 0 aromatic rings. The van der Waals surface area contributed by atoms with Gasteiger partial charge in [0.2, 0.25) is 0 Å². The van der Waals surface area contributed by atoms with Crippen molar-refractivity contribution in [2.75, 3.05) is 0 Å². The highest BCUT2D eigenvalue weighted by Gasteiger charge is 2.10. The average Bonchev–Trinajstić information content (AvgIpc) is 2.00. The second kappa shape index (κ2) is 6.18.